The first-order chi connectivity index (χ1) is 15.3. The normalized spacial score (nSPS) is 16.5. The molecule has 3 aromatic rings. The molecule has 1 aliphatic rings. The van der Waals surface area contributed by atoms with Gasteiger partial charge >= 0.3 is 0 Å². The topological polar surface area (TPSA) is 43.2 Å². The fourth-order valence-corrected chi connectivity index (χ4v) is 4.85. The Kier molecular flexibility index (Phi) is 7.03. The summed E-state index contributed by atoms with van der Waals surface area (Å²) in [6, 6.07) is 5.61. The molecule has 1 saturated heterocycles. The Hall–Kier alpha value is -2.15. The van der Waals surface area contributed by atoms with E-state index in [2.05, 4.69) is 39.7 Å². The molecular weight excluding hydrogens is 450 g/mol. The van der Waals surface area contributed by atoms with Crippen LogP contribution in [0.4, 0.5) is 4.39 Å². The molecule has 0 radical (unpaired) electrons. The lowest BCUT2D eigenvalue weighted by molar-refractivity contribution is 0.147. The molecule has 3 heterocycles. The maximum Gasteiger partial charge on any atom is 0.142 e. The van der Waals surface area contributed by atoms with Crippen LogP contribution < -0.4 is 4.74 Å². The predicted molar refractivity (Wildman–Crippen MR) is 126 cm³/mol. The van der Waals surface area contributed by atoms with Crippen molar-refractivity contribution in [2.45, 2.75) is 51.8 Å². The van der Waals surface area contributed by atoms with Crippen LogP contribution in [-0.4, -0.2) is 38.8 Å². The van der Waals surface area contributed by atoms with Crippen LogP contribution in [0.15, 0.2) is 43.0 Å². The highest BCUT2D eigenvalue weighted by Gasteiger charge is 2.23. The van der Waals surface area contributed by atoms with Gasteiger partial charge in [0.2, 0.25) is 0 Å². The number of ether oxygens (including phenoxy) is 1. The van der Waals surface area contributed by atoms with Crippen molar-refractivity contribution in [3.63, 3.8) is 0 Å². The summed E-state index contributed by atoms with van der Waals surface area (Å²) in [6.07, 6.45) is 8.96. The molecule has 4 rings (SSSR count). The van der Waals surface area contributed by atoms with Gasteiger partial charge in [0.05, 0.1) is 23.5 Å². The highest BCUT2D eigenvalue weighted by atomic mass is 35.5. The summed E-state index contributed by atoms with van der Waals surface area (Å²) in [7, 11) is 0. The first-order valence-corrected chi connectivity index (χ1v) is 11.6. The van der Waals surface area contributed by atoms with Gasteiger partial charge in [-0.2, -0.15) is 5.10 Å². The smallest absolute Gasteiger partial charge is 0.142 e. The number of likely N-dealkylation sites (tertiary alicyclic amines) is 1. The highest BCUT2D eigenvalue weighted by Crippen LogP contribution is 2.35. The maximum absolute atomic E-state index is 13.9. The van der Waals surface area contributed by atoms with Crippen molar-refractivity contribution in [1.29, 1.82) is 0 Å². The molecule has 0 N–H and O–H groups in total. The minimum absolute atomic E-state index is 0.0288. The van der Waals surface area contributed by atoms with Crippen LogP contribution in [-0.2, 0) is 0 Å². The number of hydrogen-bond donors (Lipinski definition) is 0. The minimum atomic E-state index is -0.545. The van der Waals surface area contributed by atoms with Gasteiger partial charge in [-0.15, -0.1) is 0 Å². The molecule has 0 aliphatic carbocycles. The first kappa shape index (κ1) is 23.0. The van der Waals surface area contributed by atoms with E-state index in [4.69, 9.17) is 27.9 Å². The molecular formula is C24H27Cl2FN4O. The lowest BCUT2D eigenvalue weighted by Crippen LogP contribution is -2.39. The summed E-state index contributed by atoms with van der Waals surface area (Å²) in [4.78, 5) is 6.82. The summed E-state index contributed by atoms with van der Waals surface area (Å²) in [5.41, 5.74) is 2.29. The zero-order valence-corrected chi connectivity index (χ0v) is 19.9. The van der Waals surface area contributed by atoms with Gasteiger partial charge in [-0.3, -0.25) is 9.67 Å². The van der Waals surface area contributed by atoms with Crippen LogP contribution in [0.5, 0.6) is 5.75 Å². The zero-order valence-electron chi connectivity index (χ0n) is 18.4. The number of rotatable bonds is 6. The Bertz CT molecular complexity index is 1080. The Morgan fingerprint density at radius 1 is 1.06 bits per heavy atom. The van der Waals surface area contributed by atoms with Crippen molar-refractivity contribution >= 4 is 23.2 Å². The van der Waals surface area contributed by atoms with Crippen LogP contribution in [0.3, 0.4) is 0 Å². The lowest BCUT2D eigenvalue weighted by Gasteiger charge is -2.34. The summed E-state index contributed by atoms with van der Waals surface area (Å²) in [5, 5.41) is 4.94. The van der Waals surface area contributed by atoms with E-state index in [-0.39, 0.29) is 5.02 Å². The Morgan fingerprint density at radius 2 is 1.81 bits per heavy atom. The third-order valence-electron chi connectivity index (χ3n) is 6.05. The Morgan fingerprint density at radius 3 is 2.53 bits per heavy atom. The monoisotopic (exact) mass is 476 g/mol. The molecule has 170 valence electrons. The van der Waals surface area contributed by atoms with Crippen molar-refractivity contribution in [2.24, 2.45) is 0 Å². The molecule has 8 heteroatoms. The molecule has 1 atom stereocenters. The van der Waals surface area contributed by atoms with Crippen molar-refractivity contribution in [3.05, 3.63) is 64.4 Å². The summed E-state index contributed by atoms with van der Waals surface area (Å²) in [6.45, 7) is 8.44. The van der Waals surface area contributed by atoms with Crippen molar-refractivity contribution < 1.29 is 9.13 Å². The number of nitrogens with zero attached hydrogens (tertiary/aromatic N) is 4. The second kappa shape index (κ2) is 9.77. The van der Waals surface area contributed by atoms with Gasteiger partial charge in [0, 0.05) is 53.2 Å². The van der Waals surface area contributed by atoms with E-state index in [0.29, 0.717) is 28.4 Å². The van der Waals surface area contributed by atoms with Crippen molar-refractivity contribution in [1.82, 2.24) is 19.7 Å². The molecule has 2 aromatic heterocycles. The van der Waals surface area contributed by atoms with Crippen molar-refractivity contribution in [3.8, 4) is 16.9 Å². The average molecular weight is 477 g/mol. The minimum Gasteiger partial charge on any atom is -0.484 e. The third kappa shape index (κ3) is 4.92. The van der Waals surface area contributed by atoms with Crippen LogP contribution in [0, 0.1) is 5.82 Å². The average Bonchev–Trinajstić information content (AvgIpc) is 3.27. The summed E-state index contributed by atoms with van der Waals surface area (Å²) < 4.78 is 22.0. The number of hydrogen-bond acceptors (Lipinski definition) is 4. The Balaban J connectivity index is 1.48. The van der Waals surface area contributed by atoms with E-state index in [9.17, 15) is 4.39 Å². The largest absolute Gasteiger partial charge is 0.484 e. The molecule has 0 amide bonds. The van der Waals surface area contributed by atoms with Gasteiger partial charge in [-0.1, -0.05) is 23.2 Å². The van der Waals surface area contributed by atoms with E-state index >= 15 is 0 Å². The van der Waals surface area contributed by atoms with E-state index in [1.165, 1.54) is 12.1 Å². The number of benzene rings is 1. The summed E-state index contributed by atoms with van der Waals surface area (Å²) >= 11 is 12.4. The van der Waals surface area contributed by atoms with E-state index < -0.39 is 11.9 Å². The van der Waals surface area contributed by atoms with Crippen LogP contribution in [0.2, 0.25) is 10.0 Å². The lowest BCUT2D eigenvalue weighted by atomic mass is 10.0. The number of pyridine rings is 1. The standard InChI is InChI=1S/C24H27Cl2FN4O/c1-15(2)30-8-6-19(7-9-30)31-14-18(12-29-31)17-10-20(13-28-11-17)32-16(3)23-21(25)4-5-22(27)24(23)26/h4-5,10-16,19H,6-9H2,1-3H3/t16-/m1/s1. The van der Waals surface area contributed by atoms with Crippen LogP contribution in [0.25, 0.3) is 11.1 Å². The molecule has 0 bridgehead atoms. The van der Waals surface area contributed by atoms with Gasteiger partial charge in [-0.25, -0.2) is 4.39 Å². The van der Waals surface area contributed by atoms with Crippen LogP contribution in [0.1, 0.15) is 51.3 Å². The number of halogens is 3. The zero-order chi connectivity index (χ0) is 22.8. The number of piperidine rings is 1. The SMILES string of the molecule is CC(C)N1CCC(n2cc(-c3cncc(O[C@H](C)c4c(Cl)ccc(F)c4Cl)c3)cn2)CC1. The fourth-order valence-electron chi connectivity index (χ4n) is 4.17. The number of aromatic nitrogens is 3. The predicted octanol–water partition coefficient (Wildman–Crippen LogP) is 6.58. The van der Waals surface area contributed by atoms with E-state index in [1.54, 1.807) is 19.3 Å². The van der Waals surface area contributed by atoms with Gasteiger partial charge in [0.25, 0.3) is 0 Å². The van der Waals surface area contributed by atoms with Gasteiger partial charge < -0.3 is 9.64 Å². The molecule has 0 saturated carbocycles. The van der Waals surface area contributed by atoms with E-state index in [0.717, 1.165) is 37.1 Å². The fraction of sp³-hybridized carbons (Fsp3) is 0.417. The second-order valence-corrected chi connectivity index (χ2v) is 9.28. The Labute approximate surface area is 198 Å². The molecule has 0 spiro atoms. The van der Waals surface area contributed by atoms with Crippen LogP contribution >= 0.6 is 23.2 Å². The molecule has 1 aliphatic heterocycles. The molecule has 0 unspecified atom stereocenters. The third-order valence-corrected chi connectivity index (χ3v) is 6.76. The molecule has 1 aromatic carbocycles. The van der Waals surface area contributed by atoms with E-state index in [1.807, 2.05) is 12.3 Å². The highest BCUT2D eigenvalue weighted by molar-refractivity contribution is 6.36. The molecule has 32 heavy (non-hydrogen) atoms. The second-order valence-electron chi connectivity index (χ2n) is 8.50. The maximum atomic E-state index is 13.9. The first-order valence-electron chi connectivity index (χ1n) is 10.9. The van der Waals surface area contributed by atoms with Crippen molar-refractivity contribution in [2.75, 3.05) is 13.1 Å². The van der Waals surface area contributed by atoms with Gasteiger partial charge in [-0.05, 0) is 51.8 Å². The molecule has 5 nitrogen and oxygen atoms in total. The molecule has 1 fully saturated rings. The summed E-state index contributed by atoms with van der Waals surface area (Å²) in [5.74, 6) is 0.0180. The van der Waals surface area contributed by atoms with Gasteiger partial charge in [0.1, 0.15) is 17.7 Å². The quantitative estimate of drug-likeness (QED) is 0.377. The van der Waals surface area contributed by atoms with Gasteiger partial charge in [0.15, 0.2) is 0 Å².